The summed E-state index contributed by atoms with van der Waals surface area (Å²) in [6.45, 7) is 9.88. The highest BCUT2D eigenvalue weighted by Crippen LogP contribution is 2.19. The molecule has 5 nitrogen and oxygen atoms in total. The lowest BCUT2D eigenvalue weighted by Crippen LogP contribution is -2.46. The van der Waals surface area contributed by atoms with Gasteiger partial charge in [-0.25, -0.2) is 4.79 Å². The van der Waals surface area contributed by atoms with Crippen molar-refractivity contribution in [3.05, 3.63) is 70.4 Å². The summed E-state index contributed by atoms with van der Waals surface area (Å²) in [4.78, 5) is 31.3. The van der Waals surface area contributed by atoms with Crippen molar-refractivity contribution >= 4 is 23.3 Å². The first-order chi connectivity index (χ1) is 14.0. The Hall–Kier alpha value is -2.60. The summed E-state index contributed by atoms with van der Waals surface area (Å²) >= 11 is 1.69. The molecule has 0 aliphatic heterocycles. The molecule has 1 aromatic heterocycles. The van der Waals surface area contributed by atoms with Gasteiger partial charge in [-0.3, -0.25) is 4.79 Å². The van der Waals surface area contributed by atoms with E-state index in [9.17, 15) is 9.59 Å². The summed E-state index contributed by atoms with van der Waals surface area (Å²) in [5.41, 5.74) is 1.07. The highest BCUT2D eigenvalue weighted by atomic mass is 32.1. The van der Waals surface area contributed by atoms with Crippen LogP contribution in [0.5, 0.6) is 0 Å². The summed E-state index contributed by atoms with van der Waals surface area (Å²) in [5, 5.41) is 2.89. The molecule has 3 amide bonds. The number of thiophene rings is 1. The molecule has 1 aromatic carbocycles. The maximum absolute atomic E-state index is 13.2. The quantitative estimate of drug-likeness (QED) is 0.433. The third kappa shape index (κ3) is 7.74. The zero-order valence-corrected chi connectivity index (χ0v) is 18.2. The van der Waals surface area contributed by atoms with Crippen molar-refractivity contribution in [2.75, 3.05) is 19.6 Å². The van der Waals surface area contributed by atoms with Gasteiger partial charge in [-0.1, -0.05) is 49.8 Å². The number of nitrogens with zero attached hydrogens (tertiary/aromatic N) is 2. The van der Waals surface area contributed by atoms with Gasteiger partial charge in [0.1, 0.15) is 6.54 Å². The summed E-state index contributed by atoms with van der Waals surface area (Å²) < 4.78 is 0. The van der Waals surface area contributed by atoms with Crippen LogP contribution in [-0.4, -0.2) is 41.4 Å². The van der Waals surface area contributed by atoms with E-state index in [1.807, 2.05) is 35.2 Å². The minimum atomic E-state index is -0.224. The van der Waals surface area contributed by atoms with E-state index in [0.29, 0.717) is 26.2 Å². The average Bonchev–Trinajstić information content (AvgIpc) is 3.12. The molecular weight excluding hydrogens is 382 g/mol. The first-order valence-electron chi connectivity index (χ1n) is 10.0. The third-order valence-electron chi connectivity index (χ3n) is 4.48. The number of amides is 3. The van der Waals surface area contributed by atoms with Gasteiger partial charge >= 0.3 is 6.03 Å². The highest BCUT2D eigenvalue weighted by Gasteiger charge is 2.21. The Labute approximate surface area is 178 Å². The molecule has 0 bridgehead atoms. The molecule has 0 spiro atoms. The van der Waals surface area contributed by atoms with Gasteiger partial charge in [0.2, 0.25) is 5.91 Å². The Morgan fingerprint density at radius 1 is 1.10 bits per heavy atom. The molecule has 0 saturated heterocycles. The van der Waals surface area contributed by atoms with E-state index in [0.717, 1.165) is 23.3 Å². The number of hydrogen-bond acceptors (Lipinski definition) is 3. The largest absolute Gasteiger partial charge is 0.338 e. The maximum atomic E-state index is 13.2. The second-order valence-corrected chi connectivity index (χ2v) is 8.37. The summed E-state index contributed by atoms with van der Waals surface area (Å²) in [7, 11) is 0. The first kappa shape index (κ1) is 22.7. The lowest BCUT2D eigenvalue weighted by atomic mass is 10.2. The van der Waals surface area contributed by atoms with E-state index in [-0.39, 0.29) is 18.5 Å². The second kappa shape index (κ2) is 12.1. The summed E-state index contributed by atoms with van der Waals surface area (Å²) in [6, 6.07) is 13.8. The molecule has 2 rings (SSSR count). The van der Waals surface area contributed by atoms with E-state index in [4.69, 9.17) is 0 Å². The number of unbranched alkanes of at least 4 members (excludes halogenated alkanes) is 1. The number of benzene rings is 1. The molecule has 0 aliphatic carbocycles. The molecule has 1 heterocycles. The van der Waals surface area contributed by atoms with Gasteiger partial charge < -0.3 is 15.1 Å². The summed E-state index contributed by atoms with van der Waals surface area (Å²) in [6.07, 6.45) is 3.57. The van der Waals surface area contributed by atoms with Crippen LogP contribution in [0, 0.1) is 6.92 Å². The number of nitrogens with one attached hydrogen (secondary N) is 1. The number of aryl methyl sites for hydroxylation is 1. The first-order valence-corrected chi connectivity index (χ1v) is 10.9. The van der Waals surface area contributed by atoms with Crippen LogP contribution in [-0.2, 0) is 17.9 Å². The van der Waals surface area contributed by atoms with Crippen molar-refractivity contribution < 1.29 is 9.59 Å². The van der Waals surface area contributed by atoms with Gasteiger partial charge in [-0.15, -0.1) is 17.9 Å². The predicted octanol–water partition coefficient (Wildman–Crippen LogP) is 4.58. The molecule has 2 aromatic rings. The van der Waals surface area contributed by atoms with E-state index in [1.165, 1.54) is 9.78 Å². The fourth-order valence-electron chi connectivity index (χ4n) is 2.92. The molecule has 0 fully saturated rings. The molecule has 6 heteroatoms. The van der Waals surface area contributed by atoms with Crippen molar-refractivity contribution in [1.29, 1.82) is 0 Å². The zero-order chi connectivity index (χ0) is 21.1. The highest BCUT2D eigenvalue weighted by molar-refractivity contribution is 7.11. The van der Waals surface area contributed by atoms with Gasteiger partial charge in [0.05, 0.1) is 6.54 Å². The Bertz CT molecular complexity index is 788. The van der Waals surface area contributed by atoms with Crippen molar-refractivity contribution in [2.45, 2.75) is 39.8 Å². The molecule has 0 aliphatic rings. The van der Waals surface area contributed by atoms with Crippen LogP contribution in [0.25, 0.3) is 0 Å². The SMILES string of the molecule is C=CCN(CC(=O)N(Cc1ccccc1)Cc1ccc(C)s1)C(=O)NCCCC. The van der Waals surface area contributed by atoms with Crippen LogP contribution < -0.4 is 5.32 Å². The van der Waals surface area contributed by atoms with E-state index < -0.39 is 0 Å². The van der Waals surface area contributed by atoms with Crippen molar-refractivity contribution in [3.63, 3.8) is 0 Å². The molecule has 0 saturated carbocycles. The standard InChI is InChI=1S/C23H31N3O2S/c1-4-6-14-24-23(28)25(15-5-2)18-22(27)26(16-20-10-8-7-9-11-20)17-21-13-12-19(3)29-21/h5,7-13H,2,4,6,14-18H2,1,3H3,(H,24,28). The molecule has 0 unspecified atom stereocenters. The zero-order valence-electron chi connectivity index (χ0n) is 17.4. The van der Waals surface area contributed by atoms with Crippen molar-refractivity contribution in [2.24, 2.45) is 0 Å². The molecule has 1 N–H and O–H groups in total. The number of urea groups is 1. The minimum absolute atomic E-state index is 0.0289. The van der Waals surface area contributed by atoms with Crippen molar-refractivity contribution in [3.8, 4) is 0 Å². The van der Waals surface area contributed by atoms with Crippen LogP contribution in [0.3, 0.4) is 0 Å². The normalized spacial score (nSPS) is 10.4. The number of rotatable bonds is 11. The fraction of sp³-hybridized carbons (Fsp3) is 0.391. The van der Waals surface area contributed by atoms with Crippen LogP contribution >= 0.6 is 11.3 Å². The number of hydrogen-bond donors (Lipinski definition) is 1. The topological polar surface area (TPSA) is 52.7 Å². The Kier molecular flexibility index (Phi) is 9.44. The molecule has 156 valence electrons. The summed E-state index contributed by atoms with van der Waals surface area (Å²) in [5.74, 6) is -0.0765. The second-order valence-electron chi connectivity index (χ2n) is 7.00. The molecular formula is C23H31N3O2S. The van der Waals surface area contributed by atoms with Gasteiger partial charge in [0, 0.05) is 29.4 Å². The smallest absolute Gasteiger partial charge is 0.318 e. The van der Waals surface area contributed by atoms with Gasteiger partial charge in [0.25, 0.3) is 0 Å². The van der Waals surface area contributed by atoms with E-state index in [1.54, 1.807) is 17.4 Å². The van der Waals surface area contributed by atoms with Gasteiger partial charge in [-0.2, -0.15) is 0 Å². The average molecular weight is 414 g/mol. The third-order valence-corrected chi connectivity index (χ3v) is 5.47. The van der Waals surface area contributed by atoms with Crippen LogP contribution in [0.15, 0.2) is 55.1 Å². The predicted molar refractivity (Wildman–Crippen MR) is 120 cm³/mol. The molecule has 29 heavy (non-hydrogen) atoms. The number of carbonyl (C=O) groups excluding carboxylic acids is 2. The van der Waals surface area contributed by atoms with Crippen LogP contribution in [0.4, 0.5) is 4.79 Å². The van der Waals surface area contributed by atoms with E-state index >= 15 is 0 Å². The van der Waals surface area contributed by atoms with Gasteiger partial charge in [0.15, 0.2) is 0 Å². The minimum Gasteiger partial charge on any atom is -0.338 e. The fourth-order valence-corrected chi connectivity index (χ4v) is 3.82. The Morgan fingerprint density at radius 3 is 2.48 bits per heavy atom. The van der Waals surface area contributed by atoms with E-state index in [2.05, 4.69) is 37.9 Å². The lowest BCUT2D eigenvalue weighted by Gasteiger charge is -2.27. The maximum Gasteiger partial charge on any atom is 0.318 e. The molecule has 0 atom stereocenters. The van der Waals surface area contributed by atoms with Crippen LogP contribution in [0.1, 0.15) is 35.1 Å². The monoisotopic (exact) mass is 413 g/mol. The molecule has 0 radical (unpaired) electrons. The van der Waals surface area contributed by atoms with Crippen molar-refractivity contribution in [1.82, 2.24) is 15.1 Å². The van der Waals surface area contributed by atoms with Gasteiger partial charge in [-0.05, 0) is 31.0 Å². The Morgan fingerprint density at radius 2 is 1.86 bits per heavy atom. The Balaban J connectivity index is 2.10. The number of carbonyl (C=O) groups is 2. The lowest BCUT2D eigenvalue weighted by molar-refractivity contribution is -0.133. The van der Waals surface area contributed by atoms with Crippen LogP contribution in [0.2, 0.25) is 0 Å².